The number of urea groups is 1. The highest BCUT2D eigenvalue weighted by atomic mass is 35.5. The van der Waals surface area contributed by atoms with Crippen LogP contribution < -0.4 is 15.4 Å². The molecule has 0 saturated carbocycles. The van der Waals surface area contributed by atoms with Gasteiger partial charge in [-0.1, -0.05) is 23.2 Å². The van der Waals surface area contributed by atoms with Crippen molar-refractivity contribution in [3.8, 4) is 5.75 Å². The molecule has 3 amide bonds. The minimum atomic E-state index is -0.834. The van der Waals surface area contributed by atoms with E-state index in [2.05, 4.69) is 10.6 Å². The average molecular weight is 291 g/mol. The zero-order chi connectivity index (χ0) is 13.7. The predicted octanol–water partition coefficient (Wildman–Crippen LogP) is 2.22. The molecule has 0 aromatic heterocycles. The number of amides is 3. The fourth-order valence-electron chi connectivity index (χ4n) is 1.08. The summed E-state index contributed by atoms with van der Waals surface area (Å²) in [6, 6.07) is 4.04. The lowest BCUT2D eigenvalue weighted by Crippen LogP contribution is -2.43. The minimum absolute atomic E-state index is 0.327. The number of nitrogens with one attached hydrogen (secondary N) is 2. The first-order valence-corrected chi connectivity index (χ1v) is 5.84. The summed E-state index contributed by atoms with van der Waals surface area (Å²) < 4.78 is 5.32. The minimum Gasteiger partial charge on any atom is -0.481 e. The Morgan fingerprint density at radius 2 is 1.94 bits per heavy atom. The second-order valence-corrected chi connectivity index (χ2v) is 4.22. The van der Waals surface area contributed by atoms with Gasteiger partial charge in [-0.3, -0.25) is 10.1 Å². The lowest BCUT2D eigenvalue weighted by atomic mass is 10.3. The first kappa shape index (κ1) is 14.6. The van der Waals surface area contributed by atoms with E-state index in [9.17, 15) is 9.59 Å². The number of imide groups is 1. The van der Waals surface area contributed by atoms with E-state index in [1.807, 2.05) is 0 Å². The van der Waals surface area contributed by atoms with Crippen molar-refractivity contribution in [1.29, 1.82) is 0 Å². The van der Waals surface area contributed by atoms with Crippen LogP contribution in [0, 0.1) is 0 Å². The summed E-state index contributed by atoms with van der Waals surface area (Å²) in [5, 5.41) is 5.09. The molecule has 1 rings (SSSR count). The quantitative estimate of drug-likeness (QED) is 0.897. The number of hydrogen-bond acceptors (Lipinski definition) is 3. The monoisotopic (exact) mass is 290 g/mol. The maximum absolute atomic E-state index is 11.5. The normalized spacial score (nSPS) is 11.6. The summed E-state index contributed by atoms with van der Waals surface area (Å²) in [5.74, 6) is -0.163. The molecule has 18 heavy (non-hydrogen) atoms. The third kappa shape index (κ3) is 4.09. The number of halogens is 2. The molecule has 5 nitrogen and oxygen atoms in total. The fraction of sp³-hybridized carbons (Fsp3) is 0.273. The van der Waals surface area contributed by atoms with Gasteiger partial charge in [0.05, 0.1) is 10.0 Å². The first-order valence-electron chi connectivity index (χ1n) is 5.08. The number of benzene rings is 1. The highest BCUT2D eigenvalue weighted by Crippen LogP contribution is 2.26. The molecule has 0 unspecified atom stereocenters. The fourth-order valence-corrected chi connectivity index (χ4v) is 1.37. The van der Waals surface area contributed by atoms with E-state index in [1.54, 1.807) is 12.1 Å². The van der Waals surface area contributed by atoms with Crippen LogP contribution in [0.15, 0.2) is 18.2 Å². The number of carbonyl (C=O) groups excluding carboxylic acids is 2. The van der Waals surface area contributed by atoms with Crippen molar-refractivity contribution in [2.45, 2.75) is 13.0 Å². The smallest absolute Gasteiger partial charge is 0.321 e. The Bertz CT molecular complexity index is 466. The maximum Gasteiger partial charge on any atom is 0.321 e. The largest absolute Gasteiger partial charge is 0.481 e. The molecule has 0 radical (unpaired) electrons. The first-order chi connectivity index (χ1) is 8.43. The topological polar surface area (TPSA) is 67.4 Å². The lowest BCUT2D eigenvalue weighted by Gasteiger charge is -2.14. The zero-order valence-corrected chi connectivity index (χ0v) is 11.3. The van der Waals surface area contributed by atoms with E-state index >= 15 is 0 Å². The van der Waals surface area contributed by atoms with Crippen molar-refractivity contribution in [1.82, 2.24) is 10.6 Å². The van der Waals surface area contributed by atoms with E-state index in [1.165, 1.54) is 20.0 Å². The van der Waals surface area contributed by atoms with Gasteiger partial charge in [-0.25, -0.2) is 4.79 Å². The molecule has 0 saturated heterocycles. The van der Waals surface area contributed by atoms with E-state index in [-0.39, 0.29) is 0 Å². The Balaban J connectivity index is 2.63. The van der Waals surface area contributed by atoms with Crippen LogP contribution >= 0.6 is 23.2 Å². The molecule has 7 heteroatoms. The zero-order valence-electron chi connectivity index (χ0n) is 9.79. The Morgan fingerprint density at radius 3 is 2.50 bits per heavy atom. The molecule has 1 atom stereocenters. The third-order valence-corrected chi connectivity index (χ3v) is 2.78. The average Bonchev–Trinajstić information content (AvgIpc) is 2.33. The highest BCUT2D eigenvalue weighted by Gasteiger charge is 2.17. The van der Waals surface area contributed by atoms with E-state index in [4.69, 9.17) is 27.9 Å². The predicted molar refractivity (Wildman–Crippen MR) is 69.2 cm³/mol. The summed E-state index contributed by atoms with van der Waals surface area (Å²) >= 11 is 11.6. The molecule has 0 fully saturated rings. The molecule has 1 aromatic rings. The summed E-state index contributed by atoms with van der Waals surface area (Å²) in [7, 11) is 1.41. The van der Waals surface area contributed by atoms with Crippen LogP contribution in [-0.4, -0.2) is 25.1 Å². The SMILES string of the molecule is CNC(=O)NC(=O)[C@H](C)Oc1ccc(Cl)c(Cl)c1. The third-order valence-electron chi connectivity index (χ3n) is 2.04. The van der Waals surface area contributed by atoms with Gasteiger partial charge in [0.1, 0.15) is 5.75 Å². The Labute approximate surface area is 114 Å². The molecule has 0 bridgehead atoms. The second kappa shape index (κ2) is 6.47. The van der Waals surface area contributed by atoms with Crippen molar-refractivity contribution >= 4 is 35.1 Å². The molecule has 0 heterocycles. The van der Waals surface area contributed by atoms with Gasteiger partial charge in [-0.15, -0.1) is 0 Å². The van der Waals surface area contributed by atoms with Gasteiger partial charge in [-0.2, -0.15) is 0 Å². The standard InChI is InChI=1S/C11H12Cl2N2O3/c1-6(10(16)15-11(17)14-2)18-7-3-4-8(12)9(13)5-7/h3-6H,1-2H3,(H2,14,15,16,17)/t6-/m0/s1. The van der Waals surface area contributed by atoms with Gasteiger partial charge in [0, 0.05) is 13.1 Å². The van der Waals surface area contributed by atoms with Crippen LogP contribution in [-0.2, 0) is 4.79 Å². The molecule has 0 aliphatic heterocycles. The molecule has 0 aliphatic rings. The van der Waals surface area contributed by atoms with E-state index < -0.39 is 18.0 Å². The molecule has 0 spiro atoms. The van der Waals surface area contributed by atoms with Crippen LogP contribution in [0.3, 0.4) is 0 Å². The maximum atomic E-state index is 11.5. The van der Waals surface area contributed by atoms with Crippen LogP contribution in [0.4, 0.5) is 4.79 Å². The van der Waals surface area contributed by atoms with Crippen molar-refractivity contribution in [2.24, 2.45) is 0 Å². The molecular formula is C11H12Cl2N2O3. The summed E-state index contributed by atoms with van der Waals surface area (Å²) in [6.07, 6.45) is -0.834. The lowest BCUT2D eigenvalue weighted by molar-refractivity contribution is -0.126. The summed E-state index contributed by atoms with van der Waals surface area (Å²) in [5.41, 5.74) is 0. The Morgan fingerprint density at radius 1 is 1.28 bits per heavy atom. The molecular weight excluding hydrogens is 279 g/mol. The van der Waals surface area contributed by atoms with Crippen LogP contribution in [0.2, 0.25) is 10.0 Å². The van der Waals surface area contributed by atoms with Gasteiger partial charge in [0.2, 0.25) is 0 Å². The van der Waals surface area contributed by atoms with Crippen molar-refractivity contribution in [3.63, 3.8) is 0 Å². The molecule has 1 aromatic carbocycles. The number of hydrogen-bond donors (Lipinski definition) is 2. The number of ether oxygens (including phenoxy) is 1. The summed E-state index contributed by atoms with van der Waals surface area (Å²) in [4.78, 5) is 22.5. The molecule has 0 aliphatic carbocycles. The molecule has 2 N–H and O–H groups in total. The van der Waals surface area contributed by atoms with Crippen molar-refractivity contribution < 1.29 is 14.3 Å². The van der Waals surface area contributed by atoms with Crippen LogP contribution in [0.1, 0.15) is 6.92 Å². The van der Waals surface area contributed by atoms with E-state index in [0.29, 0.717) is 15.8 Å². The van der Waals surface area contributed by atoms with Gasteiger partial charge < -0.3 is 10.1 Å². The van der Waals surface area contributed by atoms with Gasteiger partial charge in [0.15, 0.2) is 6.10 Å². The summed E-state index contributed by atoms with van der Waals surface area (Å²) in [6.45, 7) is 1.51. The van der Waals surface area contributed by atoms with Gasteiger partial charge in [0.25, 0.3) is 5.91 Å². The van der Waals surface area contributed by atoms with Crippen molar-refractivity contribution in [3.05, 3.63) is 28.2 Å². The number of rotatable bonds is 3. The van der Waals surface area contributed by atoms with E-state index in [0.717, 1.165) is 0 Å². The second-order valence-electron chi connectivity index (χ2n) is 3.40. The highest BCUT2D eigenvalue weighted by molar-refractivity contribution is 6.42. The van der Waals surface area contributed by atoms with Crippen LogP contribution in [0.25, 0.3) is 0 Å². The Hall–Kier alpha value is -1.46. The molecule has 98 valence electrons. The number of carbonyl (C=O) groups is 2. The van der Waals surface area contributed by atoms with Crippen molar-refractivity contribution in [2.75, 3.05) is 7.05 Å². The van der Waals surface area contributed by atoms with Gasteiger partial charge in [-0.05, 0) is 19.1 Å². The van der Waals surface area contributed by atoms with Crippen LogP contribution in [0.5, 0.6) is 5.75 Å². The van der Waals surface area contributed by atoms with Gasteiger partial charge >= 0.3 is 6.03 Å². The Kier molecular flexibility index (Phi) is 5.25.